The first kappa shape index (κ1) is 18.5. The smallest absolute Gasteiger partial charge is 0.446 e. The van der Waals surface area contributed by atoms with Crippen LogP contribution in [0.5, 0.6) is 5.75 Å². The molecule has 0 aliphatic rings. The molecule has 0 radical (unpaired) electrons. The van der Waals surface area contributed by atoms with Gasteiger partial charge in [0.15, 0.2) is 0 Å². The van der Waals surface area contributed by atoms with Crippen LogP contribution in [0.25, 0.3) is 0 Å². The molecule has 0 aromatic heterocycles. The number of phenolic OH excluding ortho intramolecular Hbond substituents is 1. The molecule has 0 aliphatic heterocycles. The molecule has 2 aromatic rings. The minimum Gasteiger partial charge on any atom is -0.506 e. The molecule has 0 saturated heterocycles. The van der Waals surface area contributed by atoms with Crippen molar-refractivity contribution >= 4 is 35.1 Å². The van der Waals surface area contributed by atoms with E-state index in [1.54, 1.807) is 24.3 Å². The SMILES string of the molecule is CCSc1ccccc1C(=O)Nc1cc(SC(F)(F)F)ccc1O. The first-order chi connectivity index (χ1) is 11.3. The maximum absolute atomic E-state index is 12.4. The molecular formula is C16H14F3NO2S2. The number of rotatable bonds is 5. The van der Waals surface area contributed by atoms with E-state index in [0.717, 1.165) is 28.8 Å². The molecule has 1 amide bonds. The Bertz CT molecular complexity index is 736. The largest absolute Gasteiger partial charge is 0.506 e. The Morgan fingerprint density at radius 2 is 1.92 bits per heavy atom. The number of phenols is 1. The second-order valence-electron chi connectivity index (χ2n) is 4.61. The molecule has 2 rings (SSSR count). The lowest BCUT2D eigenvalue weighted by Crippen LogP contribution is -2.13. The molecule has 128 valence electrons. The van der Waals surface area contributed by atoms with E-state index in [-0.39, 0.29) is 28.1 Å². The molecule has 0 spiro atoms. The van der Waals surface area contributed by atoms with E-state index in [0.29, 0.717) is 5.56 Å². The van der Waals surface area contributed by atoms with Crippen molar-refractivity contribution in [2.75, 3.05) is 11.1 Å². The van der Waals surface area contributed by atoms with Gasteiger partial charge < -0.3 is 10.4 Å². The second-order valence-corrected chi connectivity index (χ2v) is 7.05. The van der Waals surface area contributed by atoms with Crippen LogP contribution in [0.15, 0.2) is 52.3 Å². The van der Waals surface area contributed by atoms with Crippen molar-refractivity contribution in [3.63, 3.8) is 0 Å². The highest BCUT2D eigenvalue weighted by Gasteiger charge is 2.29. The molecular weight excluding hydrogens is 359 g/mol. The van der Waals surface area contributed by atoms with Crippen LogP contribution in [0.1, 0.15) is 17.3 Å². The minimum absolute atomic E-state index is 0.0643. The summed E-state index contributed by atoms with van der Waals surface area (Å²) >= 11 is 1.17. The number of anilines is 1. The molecule has 0 aliphatic carbocycles. The number of alkyl halides is 3. The Morgan fingerprint density at radius 1 is 1.21 bits per heavy atom. The van der Waals surface area contributed by atoms with Crippen LogP contribution < -0.4 is 5.32 Å². The van der Waals surface area contributed by atoms with Gasteiger partial charge in [-0.1, -0.05) is 19.1 Å². The average molecular weight is 373 g/mol. The van der Waals surface area contributed by atoms with Crippen molar-refractivity contribution < 1.29 is 23.1 Å². The zero-order valence-corrected chi connectivity index (χ0v) is 14.2. The highest BCUT2D eigenvalue weighted by Crippen LogP contribution is 2.39. The monoisotopic (exact) mass is 373 g/mol. The van der Waals surface area contributed by atoms with Crippen LogP contribution in [0.2, 0.25) is 0 Å². The minimum atomic E-state index is -4.44. The van der Waals surface area contributed by atoms with Gasteiger partial charge in [0.25, 0.3) is 5.91 Å². The molecule has 0 saturated carbocycles. The Labute approximate surface area is 145 Å². The second kappa shape index (κ2) is 7.85. The number of thioether (sulfide) groups is 2. The number of benzene rings is 2. The molecule has 3 nitrogen and oxygen atoms in total. The fourth-order valence-corrected chi connectivity index (χ4v) is 3.32. The molecule has 24 heavy (non-hydrogen) atoms. The van der Waals surface area contributed by atoms with Crippen LogP contribution >= 0.6 is 23.5 Å². The lowest BCUT2D eigenvalue weighted by molar-refractivity contribution is -0.0328. The summed E-state index contributed by atoms with van der Waals surface area (Å²) in [7, 11) is 0. The highest BCUT2D eigenvalue weighted by atomic mass is 32.2. The van der Waals surface area contributed by atoms with Crippen molar-refractivity contribution in [3.05, 3.63) is 48.0 Å². The summed E-state index contributed by atoms with van der Waals surface area (Å²) in [6.45, 7) is 1.95. The van der Waals surface area contributed by atoms with E-state index in [2.05, 4.69) is 5.32 Å². The molecule has 0 bridgehead atoms. The fourth-order valence-electron chi connectivity index (χ4n) is 1.94. The molecule has 0 heterocycles. The molecule has 0 atom stereocenters. The van der Waals surface area contributed by atoms with Gasteiger partial charge in [0, 0.05) is 9.79 Å². The predicted octanol–water partition coefficient (Wildman–Crippen LogP) is 5.37. The summed E-state index contributed by atoms with van der Waals surface area (Å²) in [6, 6.07) is 10.3. The van der Waals surface area contributed by atoms with E-state index in [4.69, 9.17) is 0 Å². The summed E-state index contributed by atoms with van der Waals surface area (Å²) in [5.74, 6) is -0.0146. The molecule has 0 unspecified atom stereocenters. The predicted molar refractivity (Wildman–Crippen MR) is 90.8 cm³/mol. The van der Waals surface area contributed by atoms with Crippen LogP contribution in [0.4, 0.5) is 18.9 Å². The fraction of sp³-hybridized carbons (Fsp3) is 0.188. The van der Waals surface area contributed by atoms with Gasteiger partial charge >= 0.3 is 5.51 Å². The van der Waals surface area contributed by atoms with Gasteiger partial charge in [-0.05, 0) is 47.8 Å². The van der Waals surface area contributed by atoms with Crippen LogP contribution in [0.3, 0.4) is 0 Å². The number of hydrogen-bond donors (Lipinski definition) is 2. The number of nitrogens with one attached hydrogen (secondary N) is 1. The maximum atomic E-state index is 12.4. The number of aromatic hydroxyl groups is 1. The quantitative estimate of drug-likeness (QED) is 0.547. The van der Waals surface area contributed by atoms with E-state index >= 15 is 0 Å². The summed E-state index contributed by atoms with van der Waals surface area (Å²) in [5, 5.41) is 12.3. The normalized spacial score (nSPS) is 11.3. The summed E-state index contributed by atoms with van der Waals surface area (Å²) in [5.41, 5.74) is -4.11. The zero-order chi connectivity index (χ0) is 17.7. The van der Waals surface area contributed by atoms with Gasteiger partial charge in [-0.25, -0.2) is 0 Å². The van der Waals surface area contributed by atoms with Crippen LogP contribution in [-0.2, 0) is 0 Å². The van der Waals surface area contributed by atoms with Crippen molar-refractivity contribution in [1.82, 2.24) is 0 Å². The standard InChI is InChI=1S/C16H14F3NO2S2/c1-2-23-14-6-4-3-5-11(14)15(22)20-12-9-10(7-8-13(12)21)24-16(17,18)19/h3-9,21H,2H2,1H3,(H,20,22). The average Bonchev–Trinajstić information content (AvgIpc) is 2.50. The highest BCUT2D eigenvalue weighted by molar-refractivity contribution is 8.00. The molecule has 2 N–H and O–H groups in total. The molecule has 8 heteroatoms. The number of hydrogen-bond acceptors (Lipinski definition) is 4. The van der Waals surface area contributed by atoms with Crippen molar-refractivity contribution in [3.8, 4) is 5.75 Å². The maximum Gasteiger partial charge on any atom is 0.446 e. The third-order valence-electron chi connectivity index (χ3n) is 2.88. The number of halogens is 3. The van der Waals surface area contributed by atoms with Crippen LogP contribution in [0, 0.1) is 0 Å². The van der Waals surface area contributed by atoms with E-state index in [1.807, 2.05) is 6.92 Å². The van der Waals surface area contributed by atoms with Crippen molar-refractivity contribution in [2.45, 2.75) is 22.2 Å². The third kappa shape index (κ3) is 5.10. The van der Waals surface area contributed by atoms with E-state index < -0.39 is 11.4 Å². The lowest BCUT2D eigenvalue weighted by Gasteiger charge is -2.12. The van der Waals surface area contributed by atoms with Gasteiger partial charge in [0.05, 0.1) is 11.3 Å². The van der Waals surface area contributed by atoms with Gasteiger partial charge in [0.1, 0.15) is 5.75 Å². The van der Waals surface area contributed by atoms with Gasteiger partial charge in [-0.15, -0.1) is 11.8 Å². The van der Waals surface area contributed by atoms with Gasteiger partial charge in [-0.2, -0.15) is 13.2 Å². The van der Waals surface area contributed by atoms with Gasteiger partial charge in [0.2, 0.25) is 0 Å². The Hall–Kier alpha value is -1.80. The van der Waals surface area contributed by atoms with Crippen molar-refractivity contribution in [1.29, 1.82) is 0 Å². The summed E-state index contributed by atoms with van der Waals surface area (Å²) in [6.07, 6.45) is 0. The number of amides is 1. The Balaban J connectivity index is 2.24. The van der Waals surface area contributed by atoms with E-state index in [9.17, 15) is 23.1 Å². The Morgan fingerprint density at radius 3 is 2.58 bits per heavy atom. The topological polar surface area (TPSA) is 49.3 Å². The van der Waals surface area contributed by atoms with E-state index in [1.165, 1.54) is 11.8 Å². The van der Waals surface area contributed by atoms with Crippen LogP contribution in [-0.4, -0.2) is 22.3 Å². The van der Waals surface area contributed by atoms with Crippen molar-refractivity contribution in [2.24, 2.45) is 0 Å². The molecule has 2 aromatic carbocycles. The summed E-state index contributed by atoms with van der Waals surface area (Å²) < 4.78 is 37.3. The number of carbonyl (C=O) groups is 1. The number of carbonyl (C=O) groups excluding carboxylic acids is 1. The lowest BCUT2D eigenvalue weighted by atomic mass is 10.2. The first-order valence-electron chi connectivity index (χ1n) is 6.92. The Kier molecular flexibility index (Phi) is 6.06. The first-order valence-corrected chi connectivity index (χ1v) is 8.72. The third-order valence-corrected chi connectivity index (χ3v) is 4.56. The summed E-state index contributed by atoms with van der Waals surface area (Å²) in [4.78, 5) is 13.0. The zero-order valence-electron chi connectivity index (χ0n) is 12.6. The van der Waals surface area contributed by atoms with Gasteiger partial charge in [-0.3, -0.25) is 4.79 Å². The molecule has 0 fully saturated rings.